The van der Waals surface area contributed by atoms with Crippen LogP contribution in [0.3, 0.4) is 0 Å². The van der Waals surface area contributed by atoms with Crippen LogP contribution in [0.2, 0.25) is 0 Å². The van der Waals surface area contributed by atoms with Gasteiger partial charge >= 0.3 is 0 Å². The zero-order valence-corrected chi connectivity index (χ0v) is 12.5. The molecule has 0 bridgehead atoms. The van der Waals surface area contributed by atoms with Gasteiger partial charge in [-0.3, -0.25) is 4.79 Å². The third kappa shape index (κ3) is 2.96. The van der Waals surface area contributed by atoms with E-state index in [9.17, 15) is 4.79 Å². The van der Waals surface area contributed by atoms with Crippen LogP contribution in [0.25, 0.3) is 0 Å². The molecule has 0 saturated heterocycles. The molecule has 0 radical (unpaired) electrons. The van der Waals surface area contributed by atoms with Crippen LogP contribution in [-0.4, -0.2) is 26.9 Å². The Balaban J connectivity index is 2.20. The highest BCUT2D eigenvalue weighted by Gasteiger charge is 2.21. The van der Waals surface area contributed by atoms with Crippen LogP contribution in [0, 0.1) is 0 Å². The number of rotatable bonds is 5. The minimum atomic E-state index is -0.0254. The van der Waals surface area contributed by atoms with Crippen molar-refractivity contribution in [2.45, 2.75) is 26.8 Å². The second-order valence-corrected chi connectivity index (χ2v) is 5.17. The van der Waals surface area contributed by atoms with Gasteiger partial charge in [0.25, 0.3) is 5.91 Å². The highest BCUT2D eigenvalue weighted by Crippen LogP contribution is 2.18. The quantitative estimate of drug-likeness (QED) is 0.858. The first kappa shape index (κ1) is 14.5. The first-order valence-electron chi connectivity index (χ1n) is 6.61. The van der Waals surface area contributed by atoms with Crippen molar-refractivity contribution in [3.63, 3.8) is 0 Å². The van der Waals surface area contributed by atoms with Crippen LogP contribution < -0.4 is 5.73 Å². The summed E-state index contributed by atoms with van der Waals surface area (Å²) in [4.78, 5) is 14.9. The Hall–Kier alpha value is -1.95. The lowest BCUT2D eigenvalue weighted by Gasteiger charge is -2.21. The molecule has 1 heterocycles. The number of carbonyl (C=O) groups is 1. The summed E-state index contributed by atoms with van der Waals surface area (Å²) in [6.07, 6.45) is 0.711. The lowest BCUT2D eigenvalue weighted by Crippen LogP contribution is -2.30. The molecule has 1 aromatic heterocycles. The Morgan fingerprint density at radius 1 is 1.35 bits per heavy atom. The van der Waals surface area contributed by atoms with Crippen molar-refractivity contribution in [2.75, 3.05) is 12.3 Å². The Morgan fingerprint density at radius 2 is 2.10 bits per heavy atom. The Bertz CT molecular complexity index is 596. The number of aryl methyl sites for hydroxylation is 1. The summed E-state index contributed by atoms with van der Waals surface area (Å²) in [6, 6.07) is 7.60. The van der Waals surface area contributed by atoms with Gasteiger partial charge in [-0.25, -0.2) is 0 Å². The summed E-state index contributed by atoms with van der Waals surface area (Å²) in [5, 5.41) is 3.99. The molecule has 0 atom stereocenters. The van der Waals surface area contributed by atoms with Crippen LogP contribution >= 0.6 is 11.5 Å². The summed E-state index contributed by atoms with van der Waals surface area (Å²) in [5.41, 5.74) is 8.36. The van der Waals surface area contributed by atoms with Gasteiger partial charge in [-0.2, -0.15) is 0 Å². The Morgan fingerprint density at radius 3 is 2.75 bits per heavy atom. The van der Waals surface area contributed by atoms with Crippen molar-refractivity contribution in [3.8, 4) is 0 Å². The summed E-state index contributed by atoms with van der Waals surface area (Å²) in [7, 11) is 0. The Labute approximate surface area is 122 Å². The summed E-state index contributed by atoms with van der Waals surface area (Å²) < 4.78 is 3.87. The van der Waals surface area contributed by atoms with Gasteiger partial charge in [0.15, 0.2) is 0 Å². The molecule has 20 heavy (non-hydrogen) atoms. The number of nitrogen functional groups attached to an aromatic ring is 1. The molecule has 0 saturated carbocycles. The van der Waals surface area contributed by atoms with Crippen LogP contribution in [0.4, 0.5) is 5.69 Å². The number of benzene rings is 1. The molecule has 0 aliphatic heterocycles. The van der Waals surface area contributed by atoms with Crippen molar-refractivity contribution >= 4 is 23.1 Å². The van der Waals surface area contributed by atoms with Gasteiger partial charge in [0.05, 0.1) is 5.69 Å². The molecule has 0 fully saturated rings. The van der Waals surface area contributed by atoms with Crippen LogP contribution in [0.15, 0.2) is 24.3 Å². The first-order chi connectivity index (χ1) is 9.67. The fraction of sp³-hybridized carbons (Fsp3) is 0.357. The van der Waals surface area contributed by atoms with Gasteiger partial charge in [0.1, 0.15) is 4.88 Å². The van der Waals surface area contributed by atoms with Crippen LogP contribution in [-0.2, 0) is 13.0 Å². The van der Waals surface area contributed by atoms with E-state index in [1.54, 1.807) is 4.90 Å². The van der Waals surface area contributed by atoms with Crippen LogP contribution in [0.1, 0.15) is 34.8 Å². The van der Waals surface area contributed by atoms with Crippen molar-refractivity contribution in [1.82, 2.24) is 14.5 Å². The number of amides is 1. The maximum atomic E-state index is 12.5. The van der Waals surface area contributed by atoms with E-state index in [4.69, 9.17) is 5.73 Å². The zero-order chi connectivity index (χ0) is 14.5. The summed E-state index contributed by atoms with van der Waals surface area (Å²) >= 11 is 1.16. The first-order valence-corrected chi connectivity index (χ1v) is 7.38. The maximum Gasteiger partial charge on any atom is 0.267 e. The molecular formula is C14H18N4OS. The molecule has 2 aromatic rings. The van der Waals surface area contributed by atoms with Crippen molar-refractivity contribution < 1.29 is 4.79 Å². The van der Waals surface area contributed by atoms with E-state index < -0.39 is 0 Å². The van der Waals surface area contributed by atoms with Gasteiger partial charge in [0, 0.05) is 18.8 Å². The van der Waals surface area contributed by atoms with Crippen molar-refractivity contribution in [2.24, 2.45) is 0 Å². The van der Waals surface area contributed by atoms with Gasteiger partial charge < -0.3 is 10.6 Å². The molecule has 6 heteroatoms. The largest absolute Gasteiger partial charge is 0.398 e. The molecule has 1 aromatic carbocycles. The standard InChI is InChI=1S/C14H18N4OS/c1-3-12-13(20-17-16-12)14(19)18(4-2)9-10-7-5-6-8-11(10)15/h5-8H,3-4,9,15H2,1-2H3. The molecule has 2 N–H and O–H groups in total. The van der Waals surface area contributed by atoms with Crippen molar-refractivity contribution in [3.05, 3.63) is 40.4 Å². The van der Waals surface area contributed by atoms with E-state index in [-0.39, 0.29) is 5.91 Å². The number of carbonyl (C=O) groups excluding carboxylic acids is 1. The molecular weight excluding hydrogens is 272 g/mol. The smallest absolute Gasteiger partial charge is 0.267 e. The molecule has 1 amide bonds. The number of para-hydroxylation sites is 1. The second-order valence-electron chi connectivity index (χ2n) is 4.42. The third-order valence-electron chi connectivity index (χ3n) is 3.17. The van der Waals surface area contributed by atoms with E-state index in [2.05, 4.69) is 9.59 Å². The highest BCUT2D eigenvalue weighted by molar-refractivity contribution is 7.07. The van der Waals surface area contributed by atoms with E-state index in [1.165, 1.54) is 0 Å². The zero-order valence-electron chi connectivity index (χ0n) is 11.7. The molecule has 2 rings (SSSR count). The van der Waals surface area contributed by atoms with Crippen LogP contribution in [0.5, 0.6) is 0 Å². The molecule has 0 spiro atoms. The lowest BCUT2D eigenvalue weighted by molar-refractivity contribution is 0.0756. The molecule has 0 unspecified atom stereocenters. The predicted molar refractivity (Wildman–Crippen MR) is 80.6 cm³/mol. The monoisotopic (exact) mass is 290 g/mol. The highest BCUT2D eigenvalue weighted by atomic mass is 32.1. The number of aromatic nitrogens is 2. The number of nitrogens with zero attached hydrogens (tertiary/aromatic N) is 3. The minimum absolute atomic E-state index is 0.0254. The molecule has 106 valence electrons. The van der Waals surface area contributed by atoms with E-state index >= 15 is 0 Å². The van der Waals surface area contributed by atoms with E-state index in [0.717, 1.165) is 22.8 Å². The van der Waals surface area contributed by atoms with E-state index in [0.29, 0.717) is 30.1 Å². The number of hydrogen-bond acceptors (Lipinski definition) is 5. The second kappa shape index (κ2) is 6.47. The average Bonchev–Trinajstić information content (AvgIpc) is 2.94. The lowest BCUT2D eigenvalue weighted by atomic mass is 10.1. The number of hydrogen-bond donors (Lipinski definition) is 1. The van der Waals surface area contributed by atoms with Crippen molar-refractivity contribution in [1.29, 1.82) is 0 Å². The van der Waals surface area contributed by atoms with Gasteiger partial charge in [-0.15, -0.1) is 5.10 Å². The predicted octanol–water partition coefficient (Wildman–Crippen LogP) is 2.35. The van der Waals surface area contributed by atoms with Gasteiger partial charge in [0.2, 0.25) is 0 Å². The maximum absolute atomic E-state index is 12.5. The average molecular weight is 290 g/mol. The molecule has 5 nitrogen and oxygen atoms in total. The SMILES string of the molecule is CCc1nnsc1C(=O)N(CC)Cc1ccccc1N. The summed E-state index contributed by atoms with van der Waals surface area (Å²) in [6.45, 7) is 5.05. The van der Waals surface area contributed by atoms with Gasteiger partial charge in [-0.1, -0.05) is 29.6 Å². The fourth-order valence-corrected chi connectivity index (χ4v) is 2.68. The number of nitrogens with two attached hydrogens (primary N) is 1. The molecule has 0 aliphatic carbocycles. The summed E-state index contributed by atoms with van der Waals surface area (Å²) in [5.74, 6) is -0.0254. The fourth-order valence-electron chi connectivity index (χ4n) is 1.96. The minimum Gasteiger partial charge on any atom is -0.398 e. The number of anilines is 1. The van der Waals surface area contributed by atoms with E-state index in [1.807, 2.05) is 38.1 Å². The third-order valence-corrected chi connectivity index (χ3v) is 3.93. The van der Waals surface area contributed by atoms with Gasteiger partial charge in [-0.05, 0) is 36.5 Å². The Kier molecular flexibility index (Phi) is 4.68. The topological polar surface area (TPSA) is 72.1 Å². The molecule has 0 aliphatic rings. The normalized spacial score (nSPS) is 10.5.